The molecule has 2 aliphatic heterocycles. The summed E-state index contributed by atoms with van der Waals surface area (Å²) in [5.74, 6) is 0.0912. The molecule has 29 heavy (non-hydrogen) atoms. The molecule has 2 aliphatic rings. The summed E-state index contributed by atoms with van der Waals surface area (Å²) in [5.41, 5.74) is 1.02. The molecular formula is C21H36N4O3S+2. The summed E-state index contributed by atoms with van der Waals surface area (Å²) < 4.78 is 28.3. The number of piperazine rings is 1. The van der Waals surface area contributed by atoms with E-state index in [2.05, 4.69) is 7.05 Å². The van der Waals surface area contributed by atoms with Crippen LogP contribution in [-0.4, -0.2) is 82.6 Å². The zero-order valence-electron chi connectivity index (χ0n) is 18.1. The first-order valence-corrected chi connectivity index (χ1v) is 12.2. The van der Waals surface area contributed by atoms with Crippen LogP contribution in [0.15, 0.2) is 29.2 Å². The van der Waals surface area contributed by atoms with Crippen molar-refractivity contribution in [1.29, 1.82) is 0 Å². The monoisotopic (exact) mass is 424 g/mol. The fourth-order valence-electron chi connectivity index (χ4n) is 4.41. The maximum atomic E-state index is 13.4. The van der Waals surface area contributed by atoms with Crippen LogP contribution in [0.4, 0.5) is 0 Å². The highest BCUT2D eigenvalue weighted by molar-refractivity contribution is 7.89. The number of hydrogen-bond acceptors (Lipinski definition) is 3. The third kappa shape index (κ3) is 4.99. The van der Waals surface area contributed by atoms with Crippen molar-refractivity contribution in [3.63, 3.8) is 0 Å². The predicted molar refractivity (Wildman–Crippen MR) is 112 cm³/mol. The number of quaternary nitrogens is 2. The van der Waals surface area contributed by atoms with Gasteiger partial charge in [-0.25, -0.2) is 8.42 Å². The average Bonchev–Trinajstić information content (AvgIpc) is 2.69. The number of nitrogens with zero attached hydrogens (tertiary/aromatic N) is 2. The third-order valence-corrected chi connectivity index (χ3v) is 8.03. The van der Waals surface area contributed by atoms with Gasteiger partial charge in [0.1, 0.15) is 32.3 Å². The summed E-state index contributed by atoms with van der Waals surface area (Å²) in [6.45, 7) is 11.6. The lowest BCUT2D eigenvalue weighted by Gasteiger charge is -2.45. The van der Waals surface area contributed by atoms with Crippen molar-refractivity contribution in [2.45, 2.75) is 38.3 Å². The topological polar surface area (TPSA) is 66.6 Å². The number of hydrogen-bond donors (Lipinski definition) is 2. The number of carbonyl (C=O) groups excluding carboxylic acids is 1. The molecule has 2 fully saturated rings. The molecule has 0 spiro atoms. The van der Waals surface area contributed by atoms with Crippen molar-refractivity contribution < 1.29 is 23.0 Å². The quantitative estimate of drug-likeness (QED) is 0.612. The highest BCUT2D eigenvalue weighted by Crippen LogP contribution is 2.28. The van der Waals surface area contributed by atoms with Gasteiger partial charge in [0.25, 0.3) is 5.91 Å². The van der Waals surface area contributed by atoms with Crippen LogP contribution >= 0.6 is 0 Å². The van der Waals surface area contributed by atoms with Gasteiger partial charge in [-0.05, 0) is 31.4 Å². The zero-order valence-corrected chi connectivity index (χ0v) is 19.0. The molecule has 2 saturated heterocycles. The van der Waals surface area contributed by atoms with E-state index in [0.29, 0.717) is 31.0 Å². The van der Waals surface area contributed by atoms with Gasteiger partial charge >= 0.3 is 0 Å². The third-order valence-electron chi connectivity index (χ3n) is 6.15. The molecule has 2 heterocycles. The molecule has 3 rings (SSSR count). The molecule has 0 unspecified atom stereocenters. The maximum absolute atomic E-state index is 13.4. The van der Waals surface area contributed by atoms with Gasteiger partial charge in [-0.2, -0.15) is 4.31 Å². The first-order chi connectivity index (χ1) is 13.7. The lowest BCUT2D eigenvalue weighted by molar-refractivity contribution is -1.000. The van der Waals surface area contributed by atoms with Gasteiger partial charge in [-0.1, -0.05) is 31.5 Å². The van der Waals surface area contributed by atoms with E-state index >= 15 is 0 Å². The SMILES string of the molecule is Cc1ccc(S(=O)(=O)N2CCCN(C(=O)C[NH+]3CC[NH+](C)CC3)[C@H]2C(C)C)cc1. The summed E-state index contributed by atoms with van der Waals surface area (Å²) in [7, 11) is -1.46. The minimum Gasteiger partial charge on any atom is -0.328 e. The molecule has 162 valence electrons. The van der Waals surface area contributed by atoms with Crippen molar-refractivity contribution >= 4 is 15.9 Å². The van der Waals surface area contributed by atoms with Crippen molar-refractivity contribution in [2.75, 3.05) is 52.9 Å². The van der Waals surface area contributed by atoms with Crippen molar-refractivity contribution in [1.82, 2.24) is 9.21 Å². The zero-order chi connectivity index (χ0) is 21.2. The molecule has 0 bridgehead atoms. The van der Waals surface area contributed by atoms with Gasteiger partial charge in [0.05, 0.1) is 11.9 Å². The Labute approximate surface area is 175 Å². The van der Waals surface area contributed by atoms with E-state index < -0.39 is 16.2 Å². The van der Waals surface area contributed by atoms with Gasteiger partial charge in [0, 0.05) is 13.1 Å². The van der Waals surface area contributed by atoms with E-state index in [1.165, 1.54) is 9.80 Å². The molecule has 0 radical (unpaired) electrons. The molecule has 0 saturated carbocycles. The number of benzene rings is 1. The van der Waals surface area contributed by atoms with Crippen LogP contribution in [-0.2, 0) is 14.8 Å². The Bertz CT molecular complexity index is 802. The first kappa shape index (κ1) is 22.2. The largest absolute Gasteiger partial charge is 0.328 e. The molecule has 1 aromatic carbocycles. The van der Waals surface area contributed by atoms with Crippen LogP contribution in [0.3, 0.4) is 0 Å². The van der Waals surface area contributed by atoms with Crippen LogP contribution in [0.5, 0.6) is 0 Å². The predicted octanol–water partition coefficient (Wildman–Crippen LogP) is -1.39. The summed E-state index contributed by atoms with van der Waals surface area (Å²) >= 11 is 0. The van der Waals surface area contributed by atoms with E-state index in [1.54, 1.807) is 16.4 Å². The number of rotatable bonds is 5. The Balaban J connectivity index is 1.80. The molecule has 1 amide bonds. The molecule has 0 aliphatic carbocycles. The lowest BCUT2D eigenvalue weighted by Crippen LogP contribution is -3.27. The molecule has 1 aromatic rings. The second-order valence-electron chi connectivity index (χ2n) is 8.91. The molecule has 2 N–H and O–H groups in total. The van der Waals surface area contributed by atoms with E-state index in [-0.39, 0.29) is 11.8 Å². The van der Waals surface area contributed by atoms with Crippen molar-refractivity contribution in [3.8, 4) is 0 Å². The van der Waals surface area contributed by atoms with Crippen LogP contribution < -0.4 is 9.80 Å². The summed E-state index contributed by atoms with van der Waals surface area (Å²) in [6, 6.07) is 6.98. The van der Waals surface area contributed by atoms with E-state index in [4.69, 9.17) is 0 Å². The Hall–Kier alpha value is -1.48. The highest BCUT2D eigenvalue weighted by atomic mass is 32.2. The van der Waals surface area contributed by atoms with Crippen LogP contribution in [0.25, 0.3) is 0 Å². The average molecular weight is 425 g/mol. The van der Waals surface area contributed by atoms with Gasteiger partial charge < -0.3 is 14.7 Å². The fraction of sp³-hybridized carbons (Fsp3) is 0.667. The van der Waals surface area contributed by atoms with E-state index in [1.807, 2.05) is 37.8 Å². The van der Waals surface area contributed by atoms with Gasteiger partial charge in [0.15, 0.2) is 6.54 Å². The number of aryl methyl sites for hydroxylation is 1. The van der Waals surface area contributed by atoms with E-state index in [0.717, 1.165) is 31.7 Å². The Kier molecular flexibility index (Phi) is 6.98. The van der Waals surface area contributed by atoms with Crippen LogP contribution in [0, 0.1) is 12.8 Å². The number of amides is 1. The molecule has 7 nitrogen and oxygen atoms in total. The maximum Gasteiger partial charge on any atom is 0.279 e. The normalized spacial score (nSPS) is 26.7. The molecular weight excluding hydrogens is 388 g/mol. The Morgan fingerprint density at radius 2 is 1.72 bits per heavy atom. The standard InChI is InChI=1S/C21H34N4O3S/c1-17(2)21-24(20(26)16-23-14-12-22(4)13-15-23)10-5-11-25(21)29(27,28)19-8-6-18(3)7-9-19/h6-9,17,21H,5,10-16H2,1-4H3/p+2/t21-/m1/s1. The van der Waals surface area contributed by atoms with Crippen LogP contribution in [0.2, 0.25) is 0 Å². The summed E-state index contributed by atoms with van der Waals surface area (Å²) in [6.07, 6.45) is 0.238. The summed E-state index contributed by atoms with van der Waals surface area (Å²) in [5, 5.41) is 0. The molecule has 8 heteroatoms. The van der Waals surface area contributed by atoms with Gasteiger partial charge in [-0.3, -0.25) is 4.79 Å². The second-order valence-corrected chi connectivity index (χ2v) is 10.8. The number of sulfonamides is 1. The number of carbonyl (C=O) groups is 1. The fourth-order valence-corrected chi connectivity index (χ4v) is 6.17. The lowest BCUT2D eigenvalue weighted by atomic mass is 10.1. The highest BCUT2D eigenvalue weighted by Gasteiger charge is 2.42. The first-order valence-electron chi connectivity index (χ1n) is 10.7. The second kappa shape index (κ2) is 9.12. The van der Waals surface area contributed by atoms with Crippen molar-refractivity contribution in [2.24, 2.45) is 5.92 Å². The minimum absolute atomic E-state index is 0.0198. The Morgan fingerprint density at radius 3 is 2.31 bits per heavy atom. The van der Waals surface area contributed by atoms with Gasteiger partial charge in [0.2, 0.25) is 10.0 Å². The minimum atomic E-state index is -3.65. The summed E-state index contributed by atoms with van der Waals surface area (Å²) in [4.78, 5) is 18.1. The number of likely N-dealkylation sites (N-methyl/N-ethyl adjacent to an activating group) is 1. The smallest absolute Gasteiger partial charge is 0.279 e. The van der Waals surface area contributed by atoms with E-state index in [9.17, 15) is 13.2 Å². The number of nitrogens with one attached hydrogen (secondary N) is 2. The molecule has 1 atom stereocenters. The molecule has 0 aromatic heterocycles. The Morgan fingerprint density at radius 1 is 1.10 bits per heavy atom. The van der Waals surface area contributed by atoms with Gasteiger partial charge in [-0.15, -0.1) is 0 Å². The van der Waals surface area contributed by atoms with Crippen molar-refractivity contribution in [3.05, 3.63) is 29.8 Å². The van der Waals surface area contributed by atoms with Crippen LogP contribution in [0.1, 0.15) is 25.8 Å².